The highest BCUT2D eigenvalue weighted by molar-refractivity contribution is 7.89. The summed E-state index contributed by atoms with van der Waals surface area (Å²) in [6.07, 6.45) is 0. The Morgan fingerprint density at radius 2 is 1.89 bits per heavy atom. The number of nitriles is 1. The summed E-state index contributed by atoms with van der Waals surface area (Å²) < 4.78 is 32.3. The van der Waals surface area contributed by atoms with Crippen LogP contribution in [0.4, 0.5) is 5.69 Å². The summed E-state index contributed by atoms with van der Waals surface area (Å²) in [6.45, 7) is 5.74. The molecule has 1 amide bonds. The Bertz CT molecular complexity index is 993. The Morgan fingerprint density at radius 3 is 2.54 bits per heavy atom. The fourth-order valence-electron chi connectivity index (χ4n) is 2.66. The highest BCUT2D eigenvalue weighted by Crippen LogP contribution is 2.23. The number of nitrogens with one attached hydrogen (secondary N) is 1. The molecule has 0 aliphatic heterocycles. The molecule has 2 aromatic rings. The molecule has 0 fully saturated rings. The van der Waals surface area contributed by atoms with Crippen LogP contribution in [0.2, 0.25) is 0 Å². The fourth-order valence-corrected chi connectivity index (χ4v) is 4.37. The van der Waals surface area contributed by atoms with Gasteiger partial charge in [-0.2, -0.15) is 9.57 Å². The summed E-state index contributed by atoms with van der Waals surface area (Å²) >= 11 is 0. The molecule has 7 nitrogen and oxygen atoms in total. The molecule has 0 aromatic heterocycles. The summed E-state index contributed by atoms with van der Waals surface area (Å²) in [7, 11) is -3.63. The van der Waals surface area contributed by atoms with E-state index in [1.807, 2.05) is 6.07 Å². The van der Waals surface area contributed by atoms with Crippen molar-refractivity contribution in [2.75, 3.05) is 25.0 Å². The normalized spacial score (nSPS) is 11.1. The van der Waals surface area contributed by atoms with Gasteiger partial charge >= 0.3 is 0 Å². The van der Waals surface area contributed by atoms with Gasteiger partial charge in [0.15, 0.2) is 6.61 Å². The van der Waals surface area contributed by atoms with Gasteiger partial charge in [-0.15, -0.1) is 0 Å². The van der Waals surface area contributed by atoms with Crippen LogP contribution in [0.15, 0.2) is 47.4 Å². The molecule has 0 unspecified atom stereocenters. The number of carbonyl (C=O) groups excluding carboxylic acids is 1. The molecule has 0 spiro atoms. The summed E-state index contributed by atoms with van der Waals surface area (Å²) in [5.74, 6) is -0.0275. The Balaban J connectivity index is 2.12. The van der Waals surface area contributed by atoms with Gasteiger partial charge in [0.2, 0.25) is 10.0 Å². The van der Waals surface area contributed by atoms with Crippen LogP contribution >= 0.6 is 0 Å². The van der Waals surface area contributed by atoms with E-state index < -0.39 is 15.9 Å². The van der Waals surface area contributed by atoms with Gasteiger partial charge in [0.25, 0.3) is 5.91 Å². The molecule has 0 aliphatic rings. The minimum atomic E-state index is -3.63. The highest BCUT2D eigenvalue weighted by atomic mass is 32.2. The van der Waals surface area contributed by atoms with Gasteiger partial charge in [-0.3, -0.25) is 4.79 Å². The lowest BCUT2D eigenvalue weighted by Gasteiger charge is -2.20. The van der Waals surface area contributed by atoms with Crippen LogP contribution in [0.3, 0.4) is 0 Å². The van der Waals surface area contributed by atoms with Gasteiger partial charge in [0, 0.05) is 18.8 Å². The van der Waals surface area contributed by atoms with Crippen LogP contribution in [0, 0.1) is 18.3 Å². The van der Waals surface area contributed by atoms with Crippen LogP contribution in [-0.2, 0) is 14.8 Å². The van der Waals surface area contributed by atoms with E-state index in [0.717, 1.165) is 0 Å². The maximum absolute atomic E-state index is 12.8. The smallest absolute Gasteiger partial charge is 0.262 e. The molecule has 0 bridgehead atoms. The number of ether oxygens (including phenoxy) is 1. The zero-order valence-electron chi connectivity index (χ0n) is 16.1. The molecule has 8 heteroatoms. The lowest BCUT2D eigenvalue weighted by atomic mass is 10.2. The topological polar surface area (TPSA) is 99.5 Å². The maximum Gasteiger partial charge on any atom is 0.262 e. The molecular formula is C20H23N3O4S. The van der Waals surface area contributed by atoms with Gasteiger partial charge in [0.1, 0.15) is 5.75 Å². The molecule has 0 saturated heterocycles. The molecule has 28 heavy (non-hydrogen) atoms. The van der Waals surface area contributed by atoms with Crippen molar-refractivity contribution in [3.63, 3.8) is 0 Å². The monoisotopic (exact) mass is 401 g/mol. The minimum Gasteiger partial charge on any atom is -0.484 e. The number of sulfonamides is 1. The molecule has 2 rings (SSSR count). The molecule has 0 aliphatic carbocycles. The van der Waals surface area contributed by atoms with Crippen molar-refractivity contribution in [3.05, 3.63) is 53.6 Å². The van der Waals surface area contributed by atoms with Crippen molar-refractivity contribution in [3.8, 4) is 11.8 Å². The number of amides is 1. The largest absolute Gasteiger partial charge is 0.484 e. The Kier molecular flexibility index (Phi) is 7.15. The second-order valence-corrected chi connectivity index (χ2v) is 7.95. The number of hydrogen-bond donors (Lipinski definition) is 1. The van der Waals surface area contributed by atoms with Crippen molar-refractivity contribution in [1.82, 2.24) is 4.31 Å². The van der Waals surface area contributed by atoms with Crippen molar-refractivity contribution >= 4 is 21.6 Å². The third-order valence-electron chi connectivity index (χ3n) is 4.13. The Labute approximate surface area is 165 Å². The standard InChI is InChI=1S/C20H23N3O4S/c1-4-23(5-2)28(25,26)19-12-17(10-9-15(19)3)22-20(24)14-27-18-8-6-7-16(11-18)13-21/h6-12H,4-5,14H2,1-3H3,(H,22,24). The van der Waals surface area contributed by atoms with Gasteiger partial charge in [0.05, 0.1) is 16.5 Å². The molecular weight excluding hydrogens is 378 g/mol. The number of rotatable bonds is 8. The van der Waals surface area contributed by atoms with Crippen molar-refractivity contribution in [2.24, 2.45) is 0 Å². The van der Waals surface area contributed by atoms with Gasteiger partial charge in [-0.1, -0.05) is 26.0 Å². The number of benzene rings is 2. The minimum absolute atomic E-state index is 0.164. The van der Waals surface area contributed by atoms with E-state index in [0.29, 0.717) is 35.7 Å². The highest BCUT2D eigenvalue weighted by Gasteiger charge is 2.24. The third kappa shape index (κ3) is 5.09. The summed E-state index contributed by atoms with van der Waals surface area (Å²) in [4.78, 5) is 12.3. The zero-order chi connectivity index (χ0) is 20.7. The predicted octanol–water partition coefficient (Wildman–Crippen LogP) is 2.91. The number of carbonyl (C=O) groups is 1. The Hall–Kier alpha value is -2.89. The van der Waals surface area contributed by atoms with E-state index in [-0.39, 0.29) is 11.5 Å². The second-order valence-electron chi connectivity index (χ2n) is 6.05. The van der Waals surface area contributed by atoms with Gasteiger partial charge < -0.3 is 10.1 Å². The van der Waals surface area contributed by atoms with Gasteiger partial charge in [-0.25, -0.2) is 8.42 Å². The molecule has 0 heterocycles. The molecule has 2 aromatic carbocycles. The summed E-state index contributed by atoms with van der Waals surface area (Å²) in [6, 6.07) is 13.2. The summed E-state index contributed by atoms with van der Waals surface area (Å²) in [5, 5.41) is 11.5. The first-order valence-electron chi connectivity index (χ1n) is 8.85. The van der Waals surface area contributed by atoms with E-state index >= 15 is 0 Å². The van der Waals surface area contributed by atoms with Crippen LogP contribution in [0.25, 0.3) is 0 Å². The molecule has 0 atom stereocenters. The van der Waals surface area contributed by atoms with E-state index in [2.05, 4.69) is 5.32 Å². The predicted molar refractivity (Wildman–Crippen MR) is 107 cm³/mol. The zero-order valence-corrected chi connectivity index (χ0v) is 16.9. The molecule has 0 radical (unpaired) electrons. The van der Waals surface area contributed by atoms with Crippen molar-refractivity contribution < 1.29 is 17.9 Å². The van der Waals surface area contributed by atoms with E-state index in [9.17, 15) is 13.2 Å². The van der Waals surface area contributed by atoms with E-state index in [1.54, 1.807) is 51.1 Å². The quantitative estimate of drug-likeness (QED) is 0.733. The van der Waals surface area contributed by atoms with Crippen LogP contribution < -0.4 is 10.1 Å². The van der Waals surface area contributed by atoms with Crippen molar-refractivity contribution in [1.29, 1.82) is 5.26 Å². The first kappa shape index (κ1) is 21.4. The fraction of sp³-hybridized carbons (Fsp3) is 0.300. The van der Waals surface area contributed by atoms with Gasteiger partial charge in [-0.05, 0) is 42.8 Å². The van der Waals surface area contributed by atoms with Crippen molar-refractivity contribution in [2.45, 2.75) is 25.7 Å². The van der Waals surface area contributed by atoms with Crippen LogP contribution in [0.1, 0.15) is 25.0 Å². The number of aryl methyl sites for hydroxylation is 1. The molecule has 0 saturated carbocycles. The second kappa shape index (κ2) is 9.35. The van der Waals surface area contributed by atoms with Crippen LogP contribution in [0.5, 0.6) is 5.75 Å². The van der Waals surface area contributed by atoms with E-state index in [4.69, 9.17) is 10.00 Å². The van der Waals surface area contributed by atoms with Crippen LogP contribution in [-0.4, -0.2) is 38.3 Å². The average molecular weight is 401 g/mol. The lowest BCUT2D eigenvalue weighted by molar-refractivity contribution is -0.118. The first-order chi connectivity index (χ1) is 13.3. The summed E-state index contributed by atoms with van der Waals surface area (Å²) in [5.41, 5.74) is 1.41. The van der Waals surface area contributed by atoms with E-state index in [1.165, 1.54) is 16.4 Å². The SMILES string of the molecule is CCN(CC)S(=O)(=O)c1cc(NC(=O)COc2cccc(C#N)c2)ccc1C. The molecule has 1 N–H and O–H groups in total. The Morgan fingerprint density at radius 1 is 1.18 bits per heavy atom. The first-order valence-corrected chi connectivity index (χ1v) is 10.3. The average Bonchev–Trinajstić information content (AvgIpc) is 2.68. The number of anilines is 1. The number of hydrogen-bond acceptors (Lipinski definition) is 5. The lowest BCUT2D eigenvalue weighted by Crippen LogP contribution is -2.31. The third-order valence-corrected chi connectivity index (χ3v) is 6.32. The number of nitrogens with zero attached hydrogens (tertiary/aromatic N) is 2. The maximum atomic E-state index is 12.8. The molecule has 148 valence electrons.